The van der Waals surface area contributed by atoms with E-state index in [9.17, 15) is 4.79 Å². The number of anilines is 1. The summed E-state index contributed by atoms with van der Waals surface area (Å²) in [6, 6.07) is 14.3. The SMILES string of the molecule is Cc1ccc(NC(=O)CCNCc2ccccc2C)cc1C. The Hall–Kier alpha value is -2.13. The molecule has 0 saturated heterocycles. The summed E-state index contributed by atoms with van der Waals surface area (Å²) >= 11 is 0. The van der Waals surface area contributed by atoms with Gasteiger partial charge in [0.2, 0.25) is 5.91 Å². The van der Waals surface area contributed by atoms with Gasteiger partial charge in [0, 0.05) is 25.2 Å². The van der Waals surface area contributed by atoms with Gasteiger partial charge in [-0.15, -0.1) is 0 Å². The van der Waals surface area contributed by atoms with Crippen LogP contribution in [-0.4, -0.2) is 12.5 Å². The van der Waals surface area contributed by atoms with Crippen molar-refractivity contribution >= 4 is 11.6 Å². The summed E-state index contributed by atoms with van der Waals surface area (Å²) in [7, 11) is 0. The summed E-state index contributed by atoms with van der Waals surface area (Å²) < 4.78 is 0. The van der Waals surface area contributed by atoms with E-state index in [1.807, 2.05) is 30.3 Å². The van der Waals surface area contributed by atoms with Crippen molar-refractivity contribution in [1.82, 2.24) is 5.32 Å². The number of aryl methyl sites for hydroxylation is 3. The van der Waals surface area contributed by atoms with Crippen molar-refractivity contribution in [2.75, 3.05) is 11.9 Å². The highest BCUT2D eigenvalue weighted by Gasteiger charge is 2.03. The van der Waals surface area contributed by atoms with Gasteiger partial charge in [-0.05, 0) is 55.2 Å². The number of hydrogen-bond acceptors (Lipinski definition) is 2. The van der Waals surface area contributed by atoms with E-state index in [1.54, 1.807) is 0 Å². The van der Waals surface area contributed by atoms with Crippen molar-refractivity contribution < 1.29 is 4.79 Å². The fourth-order valence-corrected chi connectivity index (χ4v) is 2.28. The second kappa shape index (κ2) is 7.76. The van der Waals surface area contributed by atoms with Crippen LogP contribution in [0.25, 0.3) is 0 Å². The number of carbonyl (C=O) groups is 1. The van der Waals surface area contributed by atoms with E-state index >= 15 is 0 Å². The standard InChI is InChI=1S/C19H24N2O/c1-14-8-9-18(12-16(14)3)21-19(22)10-11-20-13-17-7-5-4-6-15(17)2/h4-9,12,20H,10-11,13H2,1-3H3,(H,21,22). The molecule has 0 fully saturated rings. The monoisotopic (exact) mass is 296 g/mol. The maximum atomic E-state index is 11.9. The van der Waals surface area contributed by atoms with E-state index in [1.165, 1.54) is 22.3 Å². The molecule has 0 atom stereocenters. The van der Waals surface area contributed by atoms with Crippen LogP contribution in [0, 0.1) is 20.8 Å². The molecule has 0 spiro atoms. The summed E-state index contributed by atoms with van der Waals surface area (Å²) in [5.41, 5.74) is 5.84. The van der Waals surface area contributed by atoms with Crippen molar-refractivity contribution in [2.24, 2.45) is 0 Å². The zero-order valence-corrected chi connectivity index (χ0v) is 13.6. The van der Waals surface area contributed by atoms with Crippen molar-refractivity contribution in [3.63, 3.8) is 0 Å². The summed E-state index contributed by atoms with van der Waals surface area (Å²) in [6.45, 7) is 7.68. The van der Waals surface area contributed by atoms with E-state index in [0.717, 1.165) is 12.2 Å². The molecule has 2 aromatic carbocycles. The topological polar surface area (TPSA) is 41.1 Å². The first-order chi connectivity index (χ1) is 10.6. The van der Waals surface area contributed by atoms with E-state index in [2.05, 4.69) is 43.5 Å². The lowest BCUT2D eigenvalue weighted by atomic mass is 10.1. The van der Waals surface area contributed by atoms with Crippen LogP contribution in [-0.2, 0) is 11.3 Å². The third kappa shape index (κ3) is 4.71. The molecule has 2 aromatic rings. The van der Waals surface area contributed by atoms with E-state index in [-0.39, 0.29) is 5.91 Å². The fourth-order valence-electron chi connectivity index (χ4n) is 2.28. The van der Waals surface area contributed by atoms with Gasteiger partial charge in [-0.25, -0.2) is 0 Å². The summed E-state index contributed by atoms with van der Waals surface area (Å²) in [5.74, 6) is 0.0422. The van der Waals surface area contributed by atoms with E-state index in [0.29, 0.717) is 13.0 Å². The Bertz CT molecular complexity index is 650. The lowest BCUT2D eigenvalue weighted by Crippen LogP contribution is -2.21. The Balaban J connectivity index is 1.74. The molecule has 0 aliphatic heterocycles. The minimum Gasteiger partial charge on any atom is -0.326 e. The van der Waals surface area contributed by atoms with Crippen molar-refractivity contribution in [3.05, 3.63) is 64.7 Å². The number of rotatable bonds is 6. The maximum absolute atomic E-state index is 11.9. The van der Waals surface area contributed by atoms with Gasteiger partial charge in [0.25, 0.3) is 0 Å². The number of hydrogen-bond donors (Lipinski definition) is 2. The molecular formula is C19H24N2O. The van der Waals surface area contributed by atoms with Crippen LogP contribution in [0.3, 0.4) is 0 Å². The smallest absolute Gasteiger partial charge is 0.225 e. The van der Waals surface area contributed by atoms with Gasteiger partial charge < -0.3 is 10.6 Å². The van der Waals surface area contributed by atoms with Crippen molar-refractivity contribution in [1.29, 1.82) is 0 Å². The second-order valence-electron chi connectivity index (χ2n) is 5.70. The first-order valence-electron chi connectivity index (χ1n) is 7.68. The van der Waals surface area contributed by atoms with Gasteiger partial charge in [-0.3, -0.25) is 4.79 Å². The van der Waals surface area contributed by atoms with Gasteiger partial charge in [0.05, 0.1) is 0 Å². The highest BCUT2D eigenvalue weighted by atomic mass is 16.1. The van der Waals surface area contributed by atoms with Gasteiger partial charge in [-0.1, -0.05) is 30.3 Å². The van der Waals surface area contributed by atoms with Crippen molar-refractivity contribution in [3.8, 4) is 0 Å². The number of benzene rings is 2. The molecule has 0 saturated carbocycles. The lowest BCUT2D eigenvalue weighted by Gasteiger charge is -2.09. The third-order valence-corrected chi connectivity index (χ3v) is 3.90. The predicted molar refractivity (Wildman–Crippen MR) is 92.0 cm³/mol. The Kier molecular flexibility index (Phi) is 5.73. The van der Waals surface area contributed by atoms with Gasteiger partial charge in [0.15, 0.2) is 0 Å². The molecule has 2 N–H and O–H groups in total. The summed E-state index contributed by atoms with van der Waals surface area (Å²) in [4.78, 5) is 11.9. The molecule has 0 aromatic heterocycles. The molecule has 1 amide bonds. The van der Waals surface area contributed by atoms with Crippen molar-refractivity contribution in [2.45, 2.75) is 33.7 Å². The highest BCUT2D eigenvalue weighted by Crippen LogP contribution is 2.14. The number of nitrogens with one attached hydrogen (secondary N) is 2. The lowest BCUT2D eigenvalue weighted by molar-refractivity contribution is -0.116. The molecule has 0 unspecified atom stereocenters. The highest BCUT2D eigenvalue weighted by molar-refractivity contribution is 5.90. The average molecular weight is 296 g/mol. The maximum Gasteiger partial charge on any atom is 0.225 e. The summed E-state index contributed by atoms with van der Waals surface area (Å²) in [6.07, 6.45) is 0.471. The van der Waals surface area contributed by atoms with Crippen LogP contribution in [0.2, 0.25) is 0 Å². The van der Waals surface area contributed by atoms with Crippen LogP contribution in [0.15, 0.2) is 42.5 Å². The molecule has 116 valence electrons. The van der Waals surface area contributed by atoms with E-state index in [4.69, 9.17) is 0 Å². The number of carbonyl (C=O) groups excluding carboxylic acids is 1. The first kappa shape index (κ1) is 16.2. The third-order valence-electron chi connectivity index (χ3n) is 3.90. The fraction of sp³-hybridized carbons (Fsp3) is 0.316. The van der Waals surface area contributed by atoms with Gasteiger partial charge in [0.1, 0.15) is 0 Å². The molecule has 0 aliphatic rings. The Morgan fingerprint density at radius 1 is 0.955 bits per heavy atom. The van der Waals surface area contributed by atoms with Crippen LogP contribution in [0.4, 0.5) is 5.69 Å². The zero-order valence-electron chi connectivity index (χ0n) is 13.6. The molecule has 0 radical (unpaired) electrons. The molecule has 0 bridgehead atoms. The minimum atomic E-state index is 0.0422. The van der Waals surface area contributed by atoms with Crippen LogP contribution in [0.1, 0.15) is 28.7 Å². The molecular weight excluding hydrogens is 272 g/mol. The zero-order chi connectivity index (χ0) is 15.9. The Labute approximate surface area is 132 Å². The number of amides is 1. The molecule has 0 heterocycles. The van der Waals surface area contributed by atoms with Crippen LogP contribution < -0.4 is 10.6 Å². The van der Waals surface area contributed by atoms with Gasteiger partial charge >= 0.3 is 0 Å². The molecule has 3 nitrogen and oxygen atoms in total. The molecule has 22 heavy (non-hydrogen) atoms. The largest absolute Gasteiger partial charge is 0.326 e. The molecule has 2 rings (SSSR count). The minimum absolute atomic E-state index is 0.0422. The normalized spacial score (nSPS) is 10.5. The van der Waals surface area contributed by atoms with Gasteiger partial charge in [-0.2, -0.15) is 0 Å². The first-order valence-corrected chi connectivity index (χ1v) is 7.68. The predicted octanol–water partition coefficient (Wildman–Crippen LogP) is 3.73. The van der Waals surface area contributed by atoms with Crippen LogP contribution >= 0.6 is 0 Å². The quantitative estimate of drug-likeness (QED) is 0.798. The van der Waals surface area contributed by atoms with Crippen LogP contribution in [0.5, 0.6) is 0 Å². The molecule has 0 aliphatic carbocycles. The van der Waals surface area contributed by atoms with E-state index < -0.39 is 0 Å². The molecule has 3 heteroatoms. The average Bonchev–Trinajstić information content (AvgIpc) is 2.49. The second-order valence-corrected chi connectivity index (χ2v) is 5.70. The summed E-state index contributed by atoms with van der Waals surface area (Å²) in [5, 5.41) is 6.26. The Morgan fingerprint density at radius 3 is 2.45 bits per heavy atom. The Morgan fingerprint density at radius 2 is 1.73 bits per heavy atom.